The van der Waals surface area contributed by atoms with E-state index in [9.17, 15) is 4.79 Å². The zero-order valence-corrected chi connectivity index (χ0v) is 11.7. The first-order chi connectivity index (χ1) is 9.08. The molecule has 1 unspecified atom stereocenters. The molecule has 0 spiro atoms. The molecule has 0 aromatic heterocycles. The number of nitrogen functional groups attached to an aromatic ring is 1. The molecule has 106 valence electrons. The van der Waals surface area contributed by atoms with Gasteiger partial charge in [-0.25, -0.2) is 0 Å². The van der Waals surface area contributed by atoms with Gasteiger partial charge in [-0.3, -0.25) is 4.79 Å². The van der Waals surface area contributed by atoms with Crippen molar-refractivity contribution >= 4 is 11.6 Å². The molecule has 0 saturated heterocycles. The molecule has 0 radical (unpaired) electrons. The number of hydrogen-bond acceptors (Lipinski definition) is 4. The van der Waals surface area contributed by atoms with Crippen molar-refractivity contribution in [2.75, 3.05) is 19.4 Å². The standard InChI is InChI=1S/C14H22N2O3/c1-4-5-8-16-14(17)10(2)19-12-7-6-11(15)9-13(12)18-3/h6-7,9-10H,4-5,8,15H2,1-3H3,(H,16,17). The number of unbranched alkanes of at least 4 members (excludes halogenated alkanes) is 1. The largest absolute Gasteiger partial charge is 0.493 e. The first-order valence-corrected chi connectivity index (χ1v) is 6.46. The third-order valence-corrected chi connectivity index (χ3v) is 2.69. The second kappa shape index (κ2) is 7.51. The summed E-state index contributed by atoms with van der Waals surface area (Å²) in [4.78, 5) is 11.8. The predicted molar refractivity (Wildman–Crippen MR) is 75.4 cm³/mol. The number of ether oxygens (including phenoxy) is 2. The third-order valence-electron chi connectivity index (χ3n) is 2.69. The smallest absolute Gasteiger partial charge is 0.260 e. The van der Waals surface area contributed by atoms with Gasteiger partial charge in [0, 0.05) is 18.3 Å². The predicted octanol–water partition coefficient (Wildman–Crippen LogP) is 1.96. The van der Waals surface area contributed by atoms with E-state index in [4.69, 9.17) is 15.2 Å². The molecule has 1 rings (SSSR count). The monoisotopic (exact) mass is 266 g/mol. The van der Waals surface area contributed by atoms with Gasteiger partial charge in [-0.05, 0) is 25.5 Å². The molecule has 0 bridgehead atoms. The molecule has 5 nitrogen and oxygen atoms in total. The van der Waals surface area contributed by atoms with Gasteiger partial charge in [0.05, 0.1) is 7.11 Å². The number of rotatable bonds is 7. The van der Waals surface area contributed by atoms with Crippen molar-refractivity contribution in [3.63, 3.8) is 0 Å². The van der Waals surface area contributed by atoms with Crippen molar-refractivity contribution in [3.8, 4) is 11.5 Å². The maximum absolute atomic E-state index is 11.8. The van der Waals surface area contributed by atoms with Crippen LogP contribution in [0.3, 0.4) is 0 Å². The van der Waals surface area contributed by atoms with Gasteiger partial charge in [0.15, 0.2) is 17.6 Å². The van der Waals surface area contributed by atoms with Crippen LogP contribution in [-0.4, -0.2) is 25.7 Å². The Bertz CT molecular complexity index is 421. The lowest BCUT2D eigenvalue weighted by Gasteiger charge is -2.16. The highest BCUT2D eigenvalue weighted by atomic mass is 16.5. The quantitative estimate of drug-likeness (QED) is 0.584. The highest BCUT2D eigenvalue weighted by Crippen LogP contribution is 2.29. The van der Waals surface area contributed by atoms with Crippen LogP contribution in [0.1, 0.15) is 26.7 Å². The molecule has 0 aliphatic carbocycles. The van der Waals surface area contributed by atoms with Crippen LogP contribution in [0.25, 0.3) is 0 Å². The van der Waals surface area contributed by atoms with Crippen LogP contribution in [0.4, 0.5) is 5.69 Å². The lowest BCUT2D eigenvalue weighted by atomic mass is 10.2. The molecular formula is C14H22N2O3. The van der Waals surface area contributed by atoms with Crippen molar-refractivity contribution < 1.29 is 14.3 Å². The molecule has 0 aliphatic rings. The summed E-state index contributed by atoms with van der Waals surface area (Å²) in [5, 5.41) is 2.82. The molecule has 0 fully saturated rings. The fourth-order valence-corrected chi connectivity index (χ4v) is 1.56. The minimum atomic E-state index is -0.575. The van der Waals surface area contributed by atoms with Gasteiger partial charge in [0.1, 0.15) is 0 Å². The number of benzene rings is 1. The van der Waals surface area contributed by atoms with Crippen LogP contribution < -0.4 is 20.5 Å². The first kappa shape index (κ1) is 15.1. The molecule has 1 atom stereocenters. The van der Waals surface area contributed by atoms with Gasteiger partial charge in [0.2, 0.25) is 0 Å². The summed E-state index contributed by atoms with van der Waals surface area (Å²) in [7, 11) is 1.54. The second-order valence-electron chi connectivity index (χ2n) is 4.31. The van der Waals surface area contributed by atoms with Crippen LogP contribution >= 0.6 is 0 Å². The Morgan fingerprint density at radius 2 is 2.16 bits per heavy atom. The van der Waals surface area contributed by atoms with Gasteiger partial charge in [-0.2, -0.15) is 0 Å². The average molecular weight is 266 g/mol. The molecule has 5 heteroatoms. The molecule has 0 saturated carbocycles. The number of amides is 1. The minimum Gasteiger partial charge on any atom is -0.493 e. The highest BCUT2D eigenvalue weighted by Gasteiger charge is 2.16. The van der Waals surface area contributed by atoms with E-state index < -0.39 is 6.10 Å². The normalized spacial score (nSPS) is 11.7. The van der Waals surface area contributed by atoms with Gasteiger partial charge < -0.3 is 20.5 Å². The molecule has 1 amide bonds. The van der Waals surface area contributed by atoms with Crippen molar-refractivity contribution in [2.45, 2.75) is 32.8 Å². The Morgan fingerprint density at radius 3 is 2.79 bits per heavy atom. The third kappa shape index (κ3) is 4.69. The number of nitrogens with one attached hydrogen (secondary N) is 1. The Labute approximate surface area is 114 Å². The van der Waals surface area contributed by atoms with E-state index >= 15 is 0 Å². The van der Waals surface area contributed by atoms with Crippen LogP contribution in [-0.2, 0) is 4.79 Å². The van der Waals surface area contributed by atoms with Gasteiger partial charge in [0.25, 0.3) is 5.91 Å². The van der Waals surface area contributed by atoms with Crippen molar-refractivity contribution in [1.82, 2.24) is 5.32 Å². The second-order valence-corrected chi connectivity index (χ2v) is 4.31. The number of hydrogen-bond donors (Lipinski definition) is 2. The van der Waals surface area contributed by atoms with Crippen LogP contribution in [0, 0.1) is 0 Å². The number of methoxy groups -OCH3 is 1. The average Bonchev–Trinajstić information content (AvgIpc) is 2.40. The molecule has 0 heterocycles. The van der Waals surface area contributed by atoms with E-state index in [2.05, 4.69) is 12.2 Å². The SMILES string of the molecule is CCCCNC(=O)C(C)Oc1ccc(N)cc1OC. The molecule has 0 aliphatic heterocycles. The fraction of sp³-hybridized carbons (Fsp3) is 0.500. The summed E-state index contributed by atoms with van der Waals surface area (Å²) in [6, 6.07) is 5.07. The topological polar surface area (TPSA) is 73.6 Å². The Kier molecular flexibility index (Phi) is 5.99. The van der Waals surface area contributed by atoms with Crippen LogP contribution in [0.15, 0.2) is 18.2 Å². The molecule has 19 heavy (non-hydrogen) atoms. The number of carbonyl (C=O) groups is 1. The van der Waals surface area contributed by atoms with Crippen molar-refractivity contribution in [1.29, 1.82) is 0 Å². The molecule has 3 N–H and O–H groups in total. The highest BCUT2D eigenvalue weighted by molar-refractivity contribution is 5.80. The zero-order chi connectivity index (χ0) is 14.3. The maximum atomic E-state index is 11.8. The minimum absolute atomic E-state index is 0.132. The molecule has 1 aromatic rings. The summed E-state index contributed by atoms with van der Waals surface area (Å²) >= 11 is 0. The lowest BCUT2D eigenvalue weighted by molar-refractivity contribution is -0.127. The van der Waals surface area contributed by atoms with E-state index in [0.717, 1.165) is 12.8 Å². The molecular weight excluding hydrogens is 244 g/mol. The van der Waals surface area contributed by atoms with E-state index in [1.165, 1.54) is 7.11 Å². The van der Waals surface area contributed by atoms with E-state index in [0.29, 0.717) is 23.7 Å². The number of nitrogens with two attached hydrogens (primary N) is 1. The van der Waals surface area contributed by atoms with E-state index in [1.807, 2.05) is 0 Å². The molecule has 1 aromatic carbocycles. The van der Waals surface area contributed by atoms with Crippen LogP contribution in [0.5, 0.6) is 11.5 Å². The summed E-state index contributed by atoms with van der Waals surface area (Å²) in [5.74, 6) is 0.898. The Morgan fingerprint density at radius 1 is 1.42 bits per heavy atom. The fourth-order valence-electron chi connectivity index (χ4n) is 1.56. The van der Waals surface area contributed by atoms with E-state index in [1.54, 1.807) is 25.1 Å². The maximum Gasteiger partial charge on any atom is 0.260 e. The summed E-state index contributed by atoms with van der Waals surface area (Å²) in [5.41, 5.74) is 6.25. The van der Waals surface area contributed by atoms with Gasteiger partial charge in [-0.1, -0.05) is 13.3 Å². The summed E-state index contributed by atoms with van der Waals surface area (Å²) in [6.45, 7) is 4.45. The Hall–Kier alpha value is -1.91. The summed E-state index contributed by atoms with van der Waals surface area (Å²) < 4.78 is 10.8. The lowest BCUT2D eigenvalue weighted by Crippen LogP contribution is -2.36. The Balaban J connectivity index is 2.60. The van der Waals surface area contributed by atoms with Gasteiger partial charge >= 0.3 is 0 Å². The van der Waals surface area contributed by atoms with Crippen molar-refractivity contribution in [2.24, 2.45) is 0 Å². The summed E-state index contributed by atoms with van der Waals surface area (Å²) in [6.07, 6.45) is 1.43. The number of anilines is 1. The zero-order valence-electron chi connectivity index (χ0n) is 11.7. The number of carbonyl (C=O) groups excluding carboxylic acids is 1. The van der Waals surface area contributed by atoms with Gasteiger partial charge in [-0.15, -0.1) is 0 Å². The van der Waals surface area contributed by atoms with E-state index in [-0.39, 0.29) is 5.91 Å². The van der Waals surface area contributed by atoms with Crippen molar-refractivity contribution in [3.05, 3.63) is 18.2 Å². The van der Waals surface area contributed by atoms with Crippen LogP contribution in [0.2, 0.25) is 0 Å². The first-order valence-electron chi connectivity index (χ1n) is 6.46.